The van der Waals surface area contributed by atoms with E-state index in [1.54, 1.807) is 0 Å². The SMILES string of the molecule is c1cc2sc3cc(-c4cc5sc6ccsc6c5s4)sc3c2s1. The molecule has 0 aromatic carbocycles. The maximum Gasteiger partial charge on any atom is 0.0636 e. The van der Waals surface area contributed by atoms with Crippen molar-refractivity contribution in [2.24, 2.45) is 0 Å². The topological polar surface area (TPSA) is 0 Å². The van der Waals surface area contributed by atoms with Crippen molar-refractivity contribution < 1.29 is 0 Å². The van der Waals surface area contributed by atoms with Crippen LogP contribution in [0.3, 0.4) is 0 Å². The van der Waals surface area contributed by atoms with Crippen molar-refractivity contribution in [3.8, 4) is 9.75 Å². The van der Waals surface area contributed by atoms with Crippen LogP contribution < -0.4 is 0 Å². The van der Waals surface area contributed by atoms with Crippen molar-refractivity contribution in [3.63, 3.8) is 0 Å². The minimum atomic E-state index is 1.43. The second-order valence-corrected chi connectivity index (χ2v) is 11.1. The predicted molar refractivity (Wildman–Crippen MR) is 109 cm³/mol. The number of fused-ring (bicyclic) bond motifs is 6. The summed E-state index contributed by atoms with van der Waals surface area (Å²) in [6, 6.07) is 9.26. The molecule has 0 unspecified atom stereocenters. The van der Waals surface area contributed by atoms with Crippen LogP contribution in [0.25, 0.3) is 47.4 Å². The first-order valence-electron chi connectivity index (χ1n) is 6.66. The van der Waals surface area contributed by atoms with E-state index in [0.717, 1.165) is 0 Å². The van der Waals surface area contributed by atoms with Gasteiger partial charge in [0.05, 0.1) is 18.8 Å². The normalized spacial score (nSPS) is 12.5. The lowest BCUT2D eigenvalue weighted by molar-refractivity contribution is 2.07. The van der Waals surface area contributed by atoms with Crippen molar-refractivity contribution in [1.29, 1.82) is 0 Å². The highest BCUT2D eigenvalue weighted by molar-refractivity contribution is 7.41. The first kappa shape index (κ1) is 12.6. The first-order valence-corrected chi connectivity index (χ1v) is 11.7. The third-order valence-corrected chi connectivity index (χ3v) is 11.1. The van der Waals surface area contributed by atoms with Gasteiger partial charge in [0.1, 0.15) is 0 Å². The molecule has 6 aromatic heterocycles. The summed E-state index contributed by atoms with van der Waals surface area (Å²) < 4.78 is 11.6. The molecule has 6 heteroatoms. The van der Waals surface area contributed by atoms with E-state index in [-0.39, 0.29) is 0 Å². The molecule has 0 fully saturated rings. The van der Waals surface area contributed by atoms with Gasteiger partial charge in [0, 0.05) is 28.6 Å². The van der Waals surface area contributed by atoms with Crippen LogP contribution in [0.2, 0.25) is 0 Å². The van der Waals surface area contributed by atoms with Gasteiger partial charge in [-0.3, -0.25) is 0 Å². The van der Waals surface area contributed by atoms with Gasteiger partial charge in [-0.15, -0.1) is 68.0 Å². The lowest BCUT2D eigenvalue weighted by Gasteiger charge is -1.88. The predicted octanol–water partition coefficient (Wildman–Crippen LogP) is 8.34. The minimum Gasteiger partial charge on any atom is -0.141 e. The van der Waals surface area contributed by atoms with Crippen LogP contribution in [0.4, 0.5) is 0 Å². The minimum absolute atomic E-state index is 1.43. The Morgan fingerprint density at radius 1 is 0.500 bits per heavy atom. The number of hydrogen-bond acceptors (Lipinski definition) is 6. The zero-order valence-electron chi connectivity index (χ0n) is 10.9. The van der Waals surface area contributed by atoms with Gasteiger partial charge < -0.3 is 0 Å². The Bertz CT molecular complexity index is 1180. The monoisotopic (exact) mass is 390 g/mol. The van der Waals surface area contributed by atoms with Crippen molar-refractivity contribution in [3.05, 3.63) is 35.0 Å². The highest BCUT2D eigenvalue weighted by atomic mass is 32.1. The molecular formula is C16H6S6. The van der Waals surface area contributed by atoms with E-state index in [1.165, 1.54) is 47.4 Å². The molecule has 0 saturated carbocycles. The van der Waals surface area contributed by atoms with Gasteiger partial charge in [-0.2, -0.15) is 0 Å². The smallest absolute Gasteiger partial charge is 0.0636 e. The highest BCUT2D eigenvalue weighted by Crippen LogP contribution is 2.49. The summed E-state index contributed by atoms with van der Waals surface area (Å²) in [6.07, 6.45) is 0. The summed E-state index contributed by atoms with van der Waals surface area (Å²) in [5.41, 5.74) is 0. The summed E-state index contributed by atoms with van der Waals surface area (Å²) in [6.45, 7) is 0. The molecule has 6 aromatic rings. The van der Waals surface area contributed by atoms with Gasteiger partial charge >= 0.3 is 0 Å². The molecule has 0 amide bonds. The van der Waals surface area contributed by atoms with Gasteiger partial charge in [-0.05, 0) is 35.0 Å². The lowest BCUT2D eigenvalue weighted by atomic mass is 10.3. The molecule has 0 N–H and O–H groups in total. The maximum atomic E-state index is 2.39. The summed E-state index contributed by atoms with van der Waals surface area (Å²) in [5, 5.41) is 4.41. The van der Waals surface area contributed by atoms with E-state index in [4.69, 9.17) is 0 Å². The molecule has 0 spiro atoms. The fourth-order valence-electron chi connectivity index (χ4n) is 2.78. The van der Waals surface area contributed by atoms with Gasteiger partial charge in [0.15, 0.2) is 0 Å². The summed E-state index contributed by atoms with van der Waals surface area (Å²) in [5.74, 6) is 0. The molecule has 6 heterocycles. The van der Waals surface area contributed by atoms with Crippen molar-refractivity contribution in [2.75, 3.05) is 0 Å². The van der Waals surface area contributed by atoms with Crippen LogP contribution in [0.5, 0.6) is 0 Å². The van der Waals surface area contributed by atoms with Crippen LogP contribution >= 0.6 is 68.0 Å². The van der Waals surface area contributed by atoms with Crippen LogP contribution in [0.15, 0.2) is 35.0 Å². The van der Waals surface area contributed by atoms with E-state index < -0.39 is 0 Å². The van der Waals surface area contributed by atoms with Crippen molar-refractivity contribution in [1.82, 2.24) is 0 Å². The third kappa shape index (κ3) is 1.60. The van der Waals surface area contributed by atoms with Crippen LogP contribution in [-0.2, 0) is 0 Å². The highest BCUT2D eigenvalue weighted by Gasteiger charge is 2.15. The Morgan fingerprint density at radius 2 is 1.00 bits per heavy atom. The summed E-state index contributed by atoms with van der Waals surface area (Å²) in [7, 11) is 0. The molecule has 22 heavy (non-hydrogen) atoms. The van der Waals surface area contributed by atoms with Crippen molar-refractivity contribution in [2.45, 2.75) is 0 Å². The maximum absolute atomic E-state index is 2.39. The van der Waals surface area contributed by atoms with E-state index in [0.29, 0.717) is 0 Å². The lowest BCUT2D eigenvalue weighted by Crippen LogP contribution is -1.57. The van der Waals surface area contributed by atoms with Gasteiger partial charge in [-0.25, -0.2) is 0 Å². The fraction of sp³-hybridized carbons (Fsp3) is 0. The molecule has 0 saturated heterocycles. The quantitative estimate of drug-likeness (QED) is 0.265. The van der Waals surface area contributed by atoms with Gasteiger partial charge in [-0.1, -0.05) is 0 Å². The Hall–Kier alpha value is -0.760. The second-order valence-electron chi connectivity index (χ2n) is 5.04. The van der Waals surface area contributed by atoms with Gasteiger partial charge in [0.25, 0.3) is 0 Å². The molecule has 0 aliphatic carbocycles. The average molecular weight is 391 g/mol. The fourth-order valence-corrected chi connectivity index (χ4v) is 10.4. The van der Waals surface area contributed by atoms with E-state index >= 15 is 0 Å². The Balaban J connectivity index is 1.62. The van der Waals surface area contributed by atoms with Crippen LogP contribution in [-0.4, -0.2) is 0 Å². The molecule has 0 nitrogen and oxygen atoms in total. The van der Waals surface area contributed by atoms with E-state index in [9.17, 15) is 0 Å². The molecule has 0 atom stereocenters. The van der Waals surface area contributed by atoms with Crippen molar-refractivity contribution >= 4 is 106 Å². The zero-order valence-corrected chi connectivity index (χ0v) is 15.8. The molecule has 0 aliphatic heterocycles. The van der Waals surface area contributed by atoms with E-state index in [1.807, 2.05) is 68.0 Å². The molecule has 0 radical (unpaired) electrons. The van der Waals surface area contributed by atoms with Crippen LogP contribution in [0.1, 0.15) is 0 Å². The molecule has 6 rings (SSSR count). The standard InChI is InChI=1S/C16H6S6/c1-3-17-13-7(1)19-11-5-9(21-15(11)13)10-6-12-16(22-10)14-8(20-12)2-4-18-14/h1-6H. The molecule has 0 aliphatic rings. The summed E-state index contributed by atoms with van der Waals surface area (Å²) >= 11 is 11.5. The summed E-state index contributed by atoms with van der Waals surface area (Å²) in [4.78, 5) is 2.85. The number of rotatable bonds is 1. The van der Waals surface area contributed by atoms with Crippen LogP contribution in [0, 0.1) is 0 Å². The zero-order chi connectivity index (χ0) is 14.3. The second kappa shape index (κ2) is 4.41. The average Bonchev–Trinajstić information content (AvgIpc) is 3.24. The number of thiophene rings is 6. The Morgan fingerprint density at radius 3 is 1.50 bits per heavy atom. The van der Waals surface area contributed by atoms with E-state index in [2.05, 4.69) is 35.0 Å². The largest absolute Gasteiger partial charge is 0.141 e. The van der Waals surface area contributed by atoms with Gasteiger partial charge in [0.2, 0.25) is 0 Å². The number of hydrogen-bond donors (Lipinski definition) is 0. The molecule has 106 valence electrons. The Labute approximate surface area is 149 Å². The third-order valence-electron chi connectivity index (χ3n) is 3.75. The first-order chi connectivity index (χ1) is 10.9. The molecule has 0 bridgehead atoms. The Kier molecular flexibility index (Phi) is 2.53. The molecular weight excluding hydrogens is 385 g/mol.